The van der Waals surface area contributed by atoms with Gasteiger partial charge < -0.3 is 0 Å². The maximum absolute atomic E-state index is 12.6. The molecule has 0 heterocycles. The topological polar surface area (TPSA) is 43.1 Å². The molecule has 2 aliphatic rings. The highest BCUT2D eigenvalue weighted by Gasteiger charge is 2.53. The quantitative estimate of drug-likeness (QED) is 0.163. The van der Waals surface area contributed by atoms with Gasteiger partial charge in [-0.1, -0.05) is 127 Å². The minimum atomic E-state index is -0.613. The molecule has 0 saturated heterocycles. The molecule has 0 radical (unpaired) electrons. The van der Waals surface area contributed by atoms with Crippen LogP contribution in [0.4, 0.5) is 5.69 Å². The molecule has 0 unspecified atom stereocenters. The molecular weight excluding hydrogens is 514 g/mol. The van der Waals surface area contributed by atoms with E-state index in [1.54, 1.807) is 6.07 Å². The van der Waals surface area contributed by atoms with E-state index < -0.39 is 5.41 Å². The minimum absolute atomic E-state index is 0.123. The first-order chi connectivity index (χ1) is 20.7. The molecule has 3 nitrogen and oxygen atoms in total. The molecule has 196 valence electrons. The monoisotopic (exact) mass is 537 g/mol. The van der Waals surface area contributed by atoms with Crippen LogP contribution in [0.2, 0.25) is 0 Å². The smallest absolute Gasteiger partial charge is 0.258 e. The average molecular weight is 538 g/mol. The molecule has 0 bridgehead atoms. The van der Waals surface area contributed by atoms with E-state index in [4.69, 9.17) is 0 Å². The fraction of sp³-hybridized carbons (Fsp3) is 0.0256. The van der Waals surface area contributed by atoms with Crippen molar-refractivity contribution in [1.29, 1.82) is 0 Å². The van der Waals surface area contributed by atoms with Crippen molar-refractivity contribution in [2.45, 2.75) is 5.41 Å². The number of nitro groups is 1. The summed E-state index contributed by atoms with van der Waals surface area (Å²) in [7, 11) is 0. The van der Waals surface area contributed by atoms with Crippen molar-refractivity contribution in [3.63, 3.8) is 0 Å². The molecule has 2 aliphatic carbocycles. The van der Waals surface area contributed by atoms with Gasteiger partial charge in [-0.05, 0) is 77.7 Å². The predicted molar refractivity (Wildman–Crippen MR) is 170 cm³/mol. The first kappa shape index (κ1) is 23.2. The molecule has 0 amide bonds. The van der Waals surface area contributed by atoms with Crippen LogP contribution in [0.5, 0.6) is 0 Å². The Labute approximate surface area is 242 Å². The van der Waals surface area contributed by atoms with Gasteiger partial charge in [0, 0.05) is 6.07 Å². The van der Waals surface area contributed by atoms with E-state index >= 15 is 0 Å². The van der Waals surface area contributed by atoms with E-state index in [2.05, 4.69) is 103 Å². The predicted octanol–water partition coefficient (Wildman–Crippen LogP) is 9.91. The highest BCUT2D eigenvalue weighted by Crippen LogP contribution is 2.65. The Hall–Kier alpha value is -5.54. The third-order valence-electron chi connectivity index (χ3n) is 9.35. The van der Waals surface area contributed by atoms with Gasteiger partial charge in [0.2, 0.25) is 0 Å². The lowest BCUT2D eigenvalue weighted by molar-refractivity contribution is -0.384. The van der Waals surface area contributed by atoms with Crippen molar-refractivity contribution < 1.29 is 4.92 Å². The number of hydrogen-bond acceptors (Lipinski definition) is 2. The summed E-state index contributed by atoms with van der Waals surface area (Å²) in [6, 6.07) is 48.4. The summed E-state index contributed by atoms with van der Waals surface area (Å²) < 4.78 is 0. The van der Waals surface area contributed by atoms with E-state index in [1.807, 2.05) is 30.3 Å². The lowest BCUT2D eigenvalue weighted by Crippen LogP contribution is -2.26. The number of nitro benzene ring substituents is 1. The molecule has 42 heavy (non-hydrogen) atoms. The molecule has 0 aliphatic heterocycles. The normalized spacial score (nSPS) is 13.6. The Morgan fingerprint density at radius 2 is 1.05 bits per heavy atom. The van der Waals surface area contributed by atoms with Crippen LogP contribution < -0.4 is 0 Å². The Kier molecular flexibility index (Phi) is 4.55. The zero-order valence-electron chi connectivity index (χ0n) is 22.5. The van der Waals surface area contributed by atoms with Crippen molar-refractivity contribution in [3.05, 3.63) is 172 Å². The van der Waals surface area contributed by atoms with Crippen LogP contribution in [0.1, 0.15) is 22.3 Å². The number of fused-ring (bicyclic) bond motifs is 13. The summed E-state index contributed by atoms with van der Waals surface area (Å²) in [5.74, 6) is 0. The largest absolute Gasteiger partial charge is 0.277 e. The van der Waals surface area contributed by atoms with Gasteiger partial charge in [-0.25, -0.2) is 0 Å². The fourth-order valence-corrected chi connectivity index (χ4v) is 7.79. The molecule has 9 rings (SSSR count). The highest BCUT2D eigenvalue weighted by molar-refractivity contribution is 6.08. The summed E-state index contributed by atoms with van der Waals surface area (Å²) in [5, 5.41) is 16.9. The van der Waals surface area contributed by atoms with Crippen LogP contribution in [-0.2, 0) is 5.41 Å². The summed E-state index contributed by atoms with van der Waals surface area (Å²) >= 11 is 0. The third kappa shape index (κ3) is 2.80. The van der Waals surface area contributed by atoms with Crippen molar-refractivity contribution in [3.8, 4) is 33.4 Å². The number of rotatable bonds is 2. The van der Waals surface area contributed by atoms with Crippen molar-refractivity contribution in [1.82, 2.24) is 0 Å². The van der Waals surface area contributed by atoms with Crippen LogP contribution in [0.15, 0.2) is 140 Å². The Bertz CT molecular complexity index is 2250. The van der Waals surface area contributed by atoms with Crippen LogP contribution in [0.25, 0.3) is 54.9 Å². The Morgan fingerprint density at radius 3 is 1.76 bits per heavy atom. The summed E-state index contributed by atoms with van der Waals surface area (Å²) in [5.41, 5.74) is 10.6. The van der Waals surface area contributed by atoms with Crippen LogP contribution in [-0.4, -0.2) is 4.92 Å². The van der Waals surface area contributed by atoms with Crippen molar-refractivity contribution >= 4 is 27.2 Å². The molecule has 0 fully saturated rings. The molecule has 3 heteroatoms. The average Bonchev–Trinajstić information content (AvgIpc) is 3.52. The number of benzene rings is 7. The lowest BCUT2D eigenvalue weighted by Gasteiger charge is -2.32. The zero-order chi connectivity index (χ0) is 28.0. The molecule has 1 spiro atoms. The standard InChI is InChI=1S/C39H23NO2/c41-40(42)36-23-26-12-2-1-11-25(26)22-32(36)30-16-9-17-31-37-27-13-4-3-10-24(27)20-21-35(37)39(38(30)31)33-18-7-5-14-28(33)29-15-6-8-19-34(29)39/h1-23H. The molecule has 0 saturated carbocycles. The van der Waals surface area contributed by atoms with Crippen molar-refractivity contribution in [2.75, 3.05) is 0 Å². The zero-order valence-corrected chi connectivity index (χ0v) is 22.5. The summed E-state index contributed by atoms with van der Waals surface area (Å²) in [6.45, 7) is 0. The van der Waals surface area contributed by atoms with Crippen LogP contribution in [0, 0.1) is 10.1 Å². The molecule has 0 N–H and O–H groups in total. The first-order valence-corrected chi connectivity index (χ1v) is 14.2. The van der Waals surface area contributed by atoms with Gasteiger partial charge >= 0.3 is 0 Å². The van der Waals surface area contributed by atoms with E-state index in [0.29, 0.717) is 5.56 Å². The van der Waals surface area contributed by atoms with Gasteiger partial charge in [0.1, 0.15) is 0 Å². The molecule has 7 aromatic carbocycles. The molecule has 0 aromatic heterocycles. The van der Waals surface area contributed by atoms with Crippen LogP contribution in [0.3, 0.4) is 0 Å². The van der Waals surface area contributed by atoms with Gasteiger partial charge in [0.05, 0.1) is 15.9 Å². The van der Waals surface area contributed by atoms with E-state index in [9.17, 15) is 10.1 Å². The second-order valence-corrected chi connectivity index (χ2v) is 11.3. The van der Waals surface area contributed by atoms with Gasteiger partial charge in [-0.15, -0.1) is 0 Å². The maximum Gasteiger partial charge on any atom is 0.277 e. The minimum Gasteiger partial charge on any atom is -0.258 e. The second-order valence-electron chi connectivity index (χ2n) is 11.3. The van der Waals surface area contributed by atoms with Gasteiger partial charge in [-0.2, -0.15) is 0 Å². The fourth-order valence-electron chi connectivity index (χ4n) is 7.79. The van der Waals surface area contributed by atoms with Gasteiger partial charge in [-0.3, -0.25) is 10.1 Å². The maximum atomic E-state index is 12.6. The number of hydrogen-bond donors (Lipinski definition) is 0. The van der Waals surface area contributed by atoms with Crippen LogP contribution >= 0.6 is 0 Å². The Balaban J connectivity index is 1.51. The molecular formula is C39H23NO2. The summed E-state index contributed by atoms with van der Waals surface area (Å²) in [4.78, 5) is 12.4. The van der Waals surface area contributed by atoms with Crippen molar-refractivity contribution in [2.24, 2.45) is 0 Å². The highest BCUT2D eigenvalue weighted by atomic mass is 16.6. The first-order valence-electron chi connectivity index (χ1n) is 14.2. The van der Waals surface area contributed by atoms with Gasteiger partial charge in [0.15, 0.2) is 0 Å². The van der Waals surface area contributed by atoms with E-state index in [1.165, 1.54) is 44.2 Å². The second kappa shape index (κ2) is 8.25. The van der Waals surface area contributed by atoms with Gasteiger partial charge in [0.25, 0.3) is 5.69 Å². The lowest BCUT2D eigenvalue weighted by atomic mass is 9.68. The number of nitrogens with zero attached hydrogens (tertiary/aromatic N) is 1. The van der Waals surface area contributed by atoms with E-state index in [0.717, 1.165) is 27.5 Å². The summed E-state index contributed by atoms with van der Waals surface area (Å²) in [6.07, 6.45) is 0. The molecule has 7 aromatic rings. The SMILES string of the molecule is O=[N+]([O-])c1cc2ccccc2cc1-c1cccc2c1C1(c3ccccc3-c3ccccc31)c1ccc3ccccc3c1-2. The Morgan fingerprint density at radius 1 is 0.476 bits per heavy atom. The molecule has 0 atom stereocenters. The van der Waals surface area contributed by atoms with E-state index in [-0.39, 0.29) is 10.6 Å². The third-order valence-corrected chi connectivity index (χ3v) is 9.35.